The molecule has 1 fully saturated rings. The fourth-order valence-electron chi connectivity index (χ4n) is 2.42. The number of aliphatic hydroxyl groups is 2. The summed E-state index contributed by atoms with van der Waals surface area (Å²) in [6.07, 6.45) is -1.34. The van der Waals surface area contributed by atoms with Crippen LogP contribution in [0.4, 0.5) is 5.82 Å². The number of aliphatic hydroxyl groups excluding tert-OH is 2. The maximum Gasteiger partial charge on any atom is 0.351 e. The molecular weight excluding hydrogens is 304 g/mol. The largest absolute Gasteiger partial charge is 0.394 e. The van der Waals surface area contributed by atoms with Crippen LogP contribution in [-0.2, 0) is 9.47 Å². The Hall–Kier alpha value is -1.52. The second kappa shape index (κ2) is 7.37. The predicted octanol–water partition coefficient (Wildman–Crippen LogP) is -1.21. The van der Waals surface area contributed by atoms with Gasteiger partial charge in [-0.3, -0.25) is 4.57 Å². The molecule has 1 aliphatic rings. The van der Waals surface area contributed by atoms with Crippen LogP contribution in [0.3, 0.4) is 0 Å². The molecule has 1 aromatic heterocycles. The lowest BCUT2D eigenvalue weighted by Gasteiger charge is -2.26. The summed E-state index contributed by atoms with van der Waals surface area (Å²) in [5.41, 5.74) is 10.8. The van der Waals surface area contributed by atoms with Crippen LogP contribution in [0.2, 0.25) is 0 Å². The van der Waals surface area contributed by atoms with Crippen molar-refractivity contribution >= 4 is 5.82 Å². The molecule has 6 N–H and O–H groups in total. The monoisotopic (exact) mass is 328 g/mol. The Morgan fingerprint density at radius 3 is 2.83 bits per heavy atom. The summed E-state index contributed by atoms with van der Waals surface area (Å²) in [6, 6.07) is 0.922. The summed E-state index contributed by atoms with van der Waals surface area (Å²) in [5.74, 6) is 0.147. The van der Waals surface area contributed by atoms with Crippen molar-refractivity contribution in [3.8, 4) is 0 Å². The van der Waals surface area contributed by atoms with E-state index in [1.807, 2.05) is 13.8 Å². The lowest BCUT2D eigenvalue weighted by molar-refractivity contribution is -0.170. The Bertz CT molecular complexity index is 579. The average molecular weight is 328 g/mol. The number of nitrogens with two attached hydrogens (primary N) is 2. The number of nitrogen functional groups attached to an aromatic ring is 1. The Morgan fingerprint density at radius 1 is 1.57 bits per heavy atom. The van der Waals surface area contributed by atoms with Gasteiger partial charge in [0.25, 0.3) is 0 Å². The van der Waals surface area contributed by atoms with Crippen molar-refractivity contribution in [3.05, 3.63) is 22.7 Å². The zero-order valence-electron chi connectivity index (χ0n) is 13.2. The fourth-order valence-corrected chi connectivity index (χ4v) is 2.42. The average Bonchev–Trinajstić information content (AvgIpc) is 2.88. The molecule has 1 aromatic rings. The van der Waals surface area contributed by atoms with Gasteiger partial charge in [-0.2, -0.15) is 4.98 Å². The van der Waals surface area contributed by atoms with Gasteiger partial charge in [0, 0.05) is 12.6 Å². The smallest absolute Gasteiger partial charge is 0.351 e. The van der Waals surface area contributed by atoms with Crippen molar-refractivity contribution < 1.29 is 19.7 Å². The van der Waals surface area contributed by atoms with E-state index in [1.54, 1.807) is 0 Å². The Kier molecular flexibility index (Phi) is 5.71. The quantitative estimate of drug-likeness (QED) is 0.476. The lowest BCUT2D eigenvalue weighted by Crippen LogP contribution is -2.44. The molecule has 0 saturated carbocycles. The van der Waals surface area contributed by atoms with Gasteiger partial charge in [-0.25, -0.2) is 4.79 Å². The van der Waals surface area contributed by atoms with Crippen LogP contribution in [0, 0.1) is 5.92 Å². The van der Waals surface area contributed by atoms with E-state index in [4.69, 9.17) is 20.9 Å². The zero-order valence-corrected chi connectivity index (χ0v) is 13.2. The van der Waals surface area contributed by atoms with E-state index in [9.17, 15) is 15.0 Å². The molecule has 2 rings (SSSR count). The minimum Gasteiger partial charge on any atom is -0.394 e. The van der Waals surface area contributed by atoms with Crippen LogP contribution in [-0.4, -0.2) is 50.9 Å². The van der Waals surface area contributed by atoms with E-state index in [0.717, 1.165) is 0 Å². The number of ether oxygens (including phenoxy) is 2. The van der Waals surface area contributed by atoms with Crippen LogP contribution in [0.1, 0.15) is 26.5 Å². The summed E-state index contributed by atoms with van der Waals surface area (Å²) < 4.78 is 12.4. The minimum atomic E-state index is -1.18. The highest BCUT2D eigenvalue weighted by Crippen LogP contribution is 2.30. The molecule has 9 nitrogen and oxygen atoms in total. The van der Waals surface area contributed by atoms with Crippen molar-refractivity contribution in [2.45, 2.75) is 51.0 Å². The molecule has 1 aliphatic heterocycles. The molecule has 9 heteroatoms. The number of aromatic nitrogens is 2. The van der Waals surface area contributed by atoms with Gasteiger partial charge in [-0.1, -0.05) is 13.8 Å². The standard InChI is InChI=1S/C14H24N4O5/c1-7(2)12(16)13(20)23-8-5-11(22-9(8)6-19)18-4-3-10(15)17-14(18)21/h3-4,7-9,11-13,19-20H,5-6,16H2,1-2H3,(H2,15,17,21)/t8?,9-,11-,12-,13?/m0/s1. The van der Waals surface area contributed by atoms with Gasteiger partial charge in [0.05, 0.1) is 18.8 Å². The van der Waals surface area contributed by atoms with Crippen LogP contribution >= 0.6 is 0 Å². The van der Waals surface area contributed by atoms with Gasteiger partial charge >= 0.3 is 5.69 Å². The van der Waals surface area contributed by atoms with Crippen molar-refractivity contribution in [2.24, 2.45) is 11.7 Å². The van der Waals surface area contributed by atoms with E-state index in [-0.39, 0.29) is 24.8 Å². The molecule has 0 aromatic carbocycles. The molecule has 0 amide bonds. The molecule has 2 unspecified atom stereocenters. The molecule has 0 radical (unpaired) electrons. The van der Waals surface area contributed by atoms with Gasteiger partial charge in [-0.15, -0.1) is 0 Å². The lowest BCUT2D eigenvalue weighted by atomic mass is 10.0. The van der Waals surface area contributed by atoms with Crippen molar-refractivity contribution in [2.75, 3.05) is 12.3 Å². The first-order valence-corrected chi connectivity index (χ1v) is 7.53. The zero-order chi connectivity index (χ0) is 17.1. The maximum atomic E-state index is 11.9. The topological polar surface area (TPSA) is 146 Å². The van der Waals surface area contributed by atoms with E-state index in [1.165, 1.54) is 16.8 Å². The molecule has 23 heavy (non-hydrogen) atoms. The maximum absolute atomic E-state index is 11.9. The highest BCUT2D eigenvalue weighted by Gasteiger charge is 2.39. The second-order valence-corrected chi connectivity index (χ2v) is 5.98. The first-order chi connectivity index (χ1) is 10.8. The summed E-state index contributed by atoms with van der Waals surface area (Å²) in [4.78, 5) is 15.5. The highest BCUT2D eigenvalue weighted by atomic mass is 16.6. The van der Waals surface area contributed by atoms with Gasteiger partial charge in [-0.05, 0) is 12.0 Å². The van der Waals surface area contributed by atoms with Gasteiger partial charge in [0.2, 0.25) is 0 Å². The van der Waals surface area contributed by atoms with Crippen molar-refractivity contribution in [1.82, 2.24) is 9.55 Å². The summed E-state index contributed by atoms with van der Waals surface area (Å²) in [5, 5.41) is 19.5. The third-order valence-electron chi connectivity index (χ3n) is 3.94. The van der Waals surface area contributed by atoms with Crippen LogP contribution in [0.25, 0.3) is 0 Å². The number of hydrogen-bond donors (Lipinski definition) is 4. The third-order valence-corrected chi connectivity index (χ3v) is 3.94. The van der Waals surface area contributed by atoms with E-state index in [0.29, 0.717) is 0 Å². The minimum absolute atomic E-state index is 0.0274. The highest BCUT2D eigenvalue weighted by molar-refractivity contribution is 5.23. The van der Waals surface area contributed by atoms with Gasteiger partial charge in [0.1, 0.15) is 18.1 Å². The van der Waals surface area contributed by atoms with E-state index in [2.05, 4.69) is 4.98 Å². The summed E-state index contributed by atoms with van der Waals surface area (Å²) in [6.45, 7) is 3.44. The summed E-state index contributed by atoms with van der Waals surface area (Å²) >= 11 is 0. The molecular formula is C14H24N4O5. The van der Waals surface area contributed by atoms with E-state index >= 15 is 0 Å². The molecule has 1 saturated heterocycles. The Balaban J connectivity index is 2.09. The first kappa shape index (κ1) is 17.8. The molecule has 0 spiro atoms. The number of hydrogen-bond acceptors (Lipinski definition) is 8. The Labute approximate surface area is 133 Å². The predicted molar refractivity (Wildman–Crippen MR) is 82.2 cm³/mol. The number of nitrogens with zero attached hydrogens (tertiary/aromatic N) is 2. The summed E-state index contributed by atoms with van der Waals surface area (Å²) in [7, 11) is 0. The van der Waals surface area contributed by atoms with Crippen LogP contribution in [0.15, 0.2) is 17.1 Å². The van der Waals surface area contributed by atoms with Crippen molar-refractivity contribution in [3.63, 3.8) is 0 Å². The van der Waals surface area contributed by atoms with Gasteiger partial charge in [0.15, 0.2) is 6.29 Å². The molecule has 0 bridgehead atoms. The van der Waals surface area contributed by atoms with Gasteiger partial charge < -0.3 is 31.2 Å². The molecule has 5 atom stereocenters. The second-order valence-electron chi connectivity index (χ2n) is 5.98. The molecule has 130 valence electrons. The normalized spacial score (nSPS) is 27.3. The van der Waals surface area contributed by atoms with Crippen molar-refractivity contribution in [1.29, 1.82) is 0 Å². The Morgan fingerprint density at radius 2 is 2.26 bits per heavy atom. The number of rotatable bonds is 6. The molecule has 0 aliphatic carbocycles. The SMILES string of the molecule is CC(C)[C@H](N)C(O)OC1C[C@@H](n2ccc(N)nc2=O)O[C@H]1CO. The first-order valence-electron chi connectivity index (χ1n) is 7.53. The number of anilines is 1. The molecule has 2 heterocycles. The fraction of sp³-hybridized carbons (Fsp3) is 0.714. The third kappa shape index (κ3) is 4.06. The van der Waals surface area contributed by atoms with Crippen LogP contribution in [0.5, 0.6) is 0 Å². The van der Waals surface area contributed by atoms with Crippen LogP contribution < -0.4 is 17.2 Å². The van der Waals surface area contributed by atoms with E-state index < -0.39 is 36.5 Å².